The molecule has 3 aromatic rings. The molecule has 2 aromatic carbocycles. The van der Waals surface area contributed by atoms with Crippen molar-refractivity contribution < 1.29 is 14.4 Å². The molecule has 10 heteroatoms. The fourth-order valence-electron chi connectivity index (χ4n) is 4.33. The van der Waals surface area contributed by atoms with Gasteiger partial charge in [0.15, 0.2) is 5.17 Å². The second kappa shape index (κ2) is 11.3. The maximum atomic E-state index is 13.2. The number of nitrogens with one attached hydrogen (secondary N) is 2. The molecule has 0 fully saturated rings. The highest BCUT2D eigenvalue weighted by molar-refractivity contribution is 8.15. The number of carbonyl (C=O) groups excluding carboxylic acids is 3. The lowest BCUT2D eigenvalue weighted by Gasteiger charge is -2.32. The normalized spacial score (nSPS) is 16.7. The van der Waals surface area contributed by atoms with Crippen molar-refractivity contribution in [3.8, 4) is 0 Å². The van der Waals surface area contributed by atoms with Gasteiger partial charge in [0.2, 0.25) is 11.8 Å². The van der Waals surface area contributed by atoms with Crippen LogP contribution in [0.15, 0.2) is 76.0 Å². The fraction of sp³-hybridized carbons (Fsp3) is 0.250. The van der Waals surface area contributed by atoms with Crippen LogP contribution in [0.5, 0.6) is 0 Å². The topological polar surface area (TPSA) is 103 Å². The predicted octanol–water partition coefficient (Wildman–Crippen LogP) is 4.87. The molecule has 0 saturated carbocycles. The van der Waals surface area contributed by atoms with Gasteiger partial charge in [-0.15, -0.1) is 11.3 Å². The molecule has 2 aliphatic rings. The van der Waals surface area contributed by atoms with E-state index in [2.05, 4.69) is 15.6 Å². The van der Waals surface area contributed by atoms with Crippen molar-refractivity contribution in [3.05, 3.63) is 82.0 Å². The summed E-state index contributed by atoms with van der Waals surface area (Å²) < 4.78 is 0. The number of amidine groups is 2. The Balaban J connectivity index is 1.38. The third-order valence-corrected chi connectivity index (χ3v) is 8.43. The molecule has 2 unspecified atom stereocenters. The minimum atomic E-state index is -0.828. The quantitative estimate of drug-likeness (QED) is 0.420. The predicted molar refractivity (Wildman–Crippen MR) is 153 cm³/mol. The summed E-state index contributed by atoms with van der Waals surface area (Å²) >= 11 is 2.84. The second-order valence-electron chi connectivity index (χ2n) is 9.00. The highest BCUT2D eigenvalue weighted by Crippen LogP contribution is 2.36. The number of nitrogens with zero attached hydrogens (tertiary/aromatic N) is 3. The van der Waals surface area contributed by atoms with Gasteiger partial charge >= 0.3 is 0 Å². The van der Waals surface area contributed by atoms with E-state index >= 15 is 0 Å². The van der Waals surface area contributed by atoms with E-state index in [0.717, 1.165) is 21.7 Å². The summed E-state index contributed by atoms with van der Waals surface area (Å²) in [5.74, 6) is -0.332. The number of aryl methyl sites for hydroxylation is 1. The van der Waals surface area contributed by atoms with Gasteiger partial charge in [0.1, 0.15) is 11.9 Å². The fourth-order valence-corrected chi connectivity index (χ4v) is 6.04. The van der Waals surface area contributed by atoms with Crippen LogP contribution in [0.25, 0.3) is 0 Å². The van der Waals surface area contributed by atoms with E-state index in [1.807, 2.05) is 79.9 Å². The molecule has 0 aliphatic carbocycles. The summed E-state index contributed by atoms with van der Waals surface area (Å²) in [6, 6.07) is 18.1. The number of rotatable bonds is 8. The van der Waals surface area contributed by atoms with Crippen LogP contribution in [-0.4, -0.2) is 44.9 Å². The van der Waals surface area contributed by atoms with Crippen LogP contribution in [0.2, 0.25) is 0 Å². The maximum absolute atomic E-state index is 13.2. The highest BCUT2D eigenvalue weighted by atomic mass is 32.2. The number of amides is 3. The minimum absolute atomic E-state index is 0.0643. The molecule has 1 aromatic heterocycles. The van der Waals surface area contributed by atoms with Crippen LogP contribution in [-0.2, 0) is 20.9 Å². The largest absolute Gasteiger partial charge is 0.351 e. The lowest BCUT2D eigenvalue weighted by Crippen LogP contribution is -2.46. The van der Waals surface area contributed by atoms with Gasteiger partial charge in [-0.05, 0) is 54.6 Å². The average Bonchev–Trinajstić information content (AvgIpc) is 3.54. The van der Waals surface area contributed by atoms with Crippen molar-refractivity contribution in [2.24, 2.45) is 9.98 Å². The number of anilines is 1. The molecule has 8 nitrogen and oxygen atoms in total. The van der Waals surface area contributed by atoms with Crippen LogP contribution in [0.1, 0.15) is 35.8 Å². The minimum Gasteiger partial charge on any atom is -0.351 e. The van der Waals surface area contributed by atoms with Crippen LogP contribution in [0.3, 0.4) is 0 Å². The van der Waals surface area contributed by atoms with E-state index in [4.69, 9.17) is 4.99 Å². The molecular formula is C28H27N5O3S2. The van der Waals surface area contributed by atoms with Crippen molar-refractivity contribution in [1.82, 2.24) is 10.2 Å². The maximum Gasteiger partial charge on any atom is 0.271 e. The number of fused-ring (bicyclic) bond motifs is 3. The number of thioether (sulfide) groups is 1. The van der Waals surface area contributed by atoms with Gasteiger partial charge in [0.25, 0.3) is 5.91 Å². The highest BCUT2D eigenvalue weighted by Gasteiger charge is 2.43. The summed E-state index contributed by atoms with van der Waals surface area (Å²) in [5, 5.41) is 7.85. The smallest absolute Gasteiger partial charge is 0.271 e. The van der Waals surface area contributed by atoms with Crippen LogP contribution in [0.4, 0.5) is 11.4 Å². The molecule has 0 radical (unpaired) electrons. The lowest BCUT2D eigenvalue weighted by atomic mass is 10.1. The third kappa shape index (κ3) is 5.56. The Kier molecular flexibility index (Phi) is 7.71. The molecule has 0 spiro atoms. The molecule has 2 N–H and O–H groups in total. The summed E-state index contributed by atoms with van der Waals surface area (Å²) in [6.07, 6.45) is 0.481. The van der Waals surface area contributed by atoms with Gasteiger partial charge in [-0.3, -0.25) is 19.3 Å². The first kappa shape index (κ1) is 25.9. The Morgan fingerprint density at radius 1 is 1.11 bits per heavy atom. The number of benzene rings is 2. The van der Waals surface area contributed by atoms with Crippen LogP contribution >= 0.6 is 23.1 Å². The second-order valence-corrected chi connectivity index (χ2v) is 11.2. The van der Waals surface area contributed by atoms with E-state index in [9.17, 15) is 14.4 Å². The monoisotopic (exact) mass is 545 g/mol. The first-order valence-electron chi connectivity index (χ1n) is 12.4. The number of para-hydroxylation sites is 1. The Morgan fingerprint density at radius 2 is 1.95 bits per heavy atom. The summed E-state index contributed by atoms with van der Waals surface area (Å²) in [7, 11) is 0. The first-order chi connectivity index (χ1) is 18.4. The Hall–Kier alpha value is -3.76. The molecule has 38 heavy (non-hydrogen) atoms. The van der Waals surface area contributed by atoms with Gasteiger partial charge in [-0.25, -0.2) is 4.99 Å². The molecule has 2 atom stereocenters. The number of aliphatic imine (C=N–C) groups is 2. The lowest BCUT2D eigenvalue weighted by molar-refractivity contribution is -0.126. The van der Waals surface area contributed by atoms with E-state index < -0.39 is 17.2 Å². The van der Waals surface area contributed by atoms with E-state index in [-0.39, 0.29) is 18.2 Å². The summed E-state index contributed by atoms with van der Waals surface area (Å²) in [6.45, 7) is 4.31. The molecule has 194 valence electrons. The number of hydrogen-bond donors (Lipinski definition) is 2. The summed E-state index contributed by atoms with van der Waals surface area (Å²) in [4.78, 5) is 51.0. The molecule has 3 heterocycles. The Morgan fingerprint density at radius 3 is 2.71 bits per heavy atom. The molecule has 0 saturated heterocycles. The number of carbonyl (C=O) groups is 3. The van der Waals surface area contributed by atoms with E-state index in [1.165, 1.54) is 11.8 Å². The zero-order valence-corrected chi connectivity index (χ0v) is 22.6. The number of thiophene rings is 1. The average molecular weight is 546 g/mol. The number of hydrogen-bond acceptors (Lipinski definition) is 7. The zero-order chi connectivity index (χ0) is 26.6. The van der Waals surface area contributed by atoms with Gasteiger partial charge < -0.3 is 10.6 Å². The molecule has 5 rings (SSSR count). The van der Waals surface area contributed by atoms with Gasteiger partial charge in [-0.1, -0.05) is 49.0 Å². The third-order valence-electron chi connectivity index (χ3n) is 6.22. The SMILES string of the molecule is CCC(SC1=Nc2ccccc2C2=NC(=O)C(CC(=O)NCc3cccs3)N12)C(=O)Nc1cccc(C)c1. The molecular weight excluding hydrogens is 518 g/mol. The Labute approximate surface area is 229 Å². The molecule has 0 bridgehead atoms. The van der Waals surface area contributed by atoms with Crippen LogP contribution in [0, 0.1) is 6.92 Å². The van der Waals surface area contributed by atoms with Gasteiger partial charge in [0, 0.05) is 16.1 Å². The van der Waals surface area contributed by atoms with Gasteiger partial charge in [-0.2, -0.15) is 4.99 Å². The van der Waals surface area contributed by atoms with Crippen molar-refractivity contribution >= 4 is 63.2 Å². The molecule has 3 amide bonds. The van der Waals surface area contributed by atoms with Crippen molar-refractivity contribution in [2.75, 3.05) is 5.32 Å². The summed E-state index contributed by atoms with van der Waals surface area (Å²) in [5.41, 5.74) is 3.18. The van der Waals surface area contributed by atoms with Crippen molar-refractivity contribution in [2.45, 2.75) is 44.5 Å². The van der Waals surface area contributed by atoms with Crippen molar-refractivity contribution in [3.63, 3.8) is 0 Å². The van der Waals surface area contributed by atoms with Crippen LogP contribution < -0.4 is 10.6 Å². The van der Waals surface area contributed by atoms with Gasteiger partial charge in [0.05, 0.1) is 23.9 Å². The Bertz CT molecular complexity index is 1430. The van der Waals surface area contributed by atoms with E-state index in [0.29, 0.717) is 29.7 Å². The standard InChI is InChI=1S/C28H27N5O3S2/c1-3-23(27(36)30-18-9-6-8-17(2)14-18)38-28-31-21-12-5-4-11-20(21)25-32-26(35)22(33(25)28)15-24(34)29-16-19-10-7-13-37-19/h4-14,22-23H,3,15-16H2,1-2H3,(H,29,34)(H,30,36). The zero-order valence-electron chi connectivity index (χ0n) is 21.0. The molecule has 2 aliphatic heterocycles. The van der Waals surface area contributed by atoms with Crippen molar-refractivity contribution in [1.29, 1.82) is 0 Å². The first-order valence-corrected chi connectivity index (χ1v) is 14.1. The van der Waals surface area contributed by atoms with E-state index in [1.54, 1.807) is 16.2 Å².